The van der Waals surface area contributed by atoms with Gasteiger partial charge in [0, 0.05) is 27.9 Å². The predicted octanol–water partition coefficient (Wildman–Crippen LogP) is 10.9. The summed E-state index contributed by atoms with van der Waals surface area (Å²) in [4.78, 5) is 14.9. The Bertz CT molecular complexity index is 2560. The minimum Gasteiger partial charge on any atom is -0.351 e. The van der Waals surface area contributed by atoms with E-state index < -0.39 is 0 Å². The first-order chi connectivity index (χ1) is 24.3. The van der Waals surface area contributed by atoms with E-state index in [4.69, 9.17) is 15.0 Å². The molecule has 50 heavy (non-hydrogen) atoms. The second-order valence-corrected chi connectivity index (χ2v) is 11.9. The average Bonchev–Trinajstić information content (AvgIpc) is 3.52. The van der Waals surface area contributed by atoms with Gasteiger partial charge in [-0.25, -0.2) is 26.1 Å². The zero-order chi connectivity index (χ0) is 32.6. The Labute approximate surface area is 314 Å². The van der Waals surface area contributed by atoms with Crippen LogP contribution in [0.25, 0.3) is 83.9 Å². The first-order valence-electron chi connectivity index (χ1n) is 16.3. The van der Waals surface area contributed by atoms with Crippen LogP contribution in [0.2, 0.25) is 0 Å². The third-order valence-electron chi connectivity index (χ3n) is 8.91. The molecule has 0 amide bonds. The van der Waals surface area contributed by atoms with Gasteiger partial charge in [0.25, 0.3) is 0 Å². The van der Waals surface area contributed by atoms with Crippen molar-refractivity contribution in [2.75, 3.05) is 0 Å². The van der Waals surface area contributed by atoms with Gasteiger partial charge in [-0.15, -0.1) is 12.1 Å². The van der Waals surface area contributed by atoms with Crippen LogP contribution in [0.3, 0.4) is 0 Å². The fraction of sp³-hybridized carbons (Fsp3) is 0. The molecule has 0 saturated heterocycles. The van der Waals surface area contributed by atoms with Crippen molar-refractivity contribution >= 4 is 21.8 Å². The predicted molar refractivity (Wildman–Crippen MR) is 199 cm³/mol. The second kappa shape index (κ2) is 13.7. The third-order valence-corrected chi connectivity index (χ3v) is 8.91. The van der Waals surface area contributed by atoms with E-state index in [1.807, 2.05) is 54.6 Å². The van der Waals surface area contributed by atoms with Gasteiger partial charge < -0.3 is 4.57 Å². The maximum Gasteiger partial charge on any atom is 2.00 e. The van der Waals surface area contributed by atoms with Gasteiger partial charge in [0.2, 0.25) is 0 Å². The minimum absolute atomic E-state index is 0. The molecule has 4 nitrogen and oxygen atoms in total. The number of fused-ring (bicyclic) bond motifs is 3. The van der Waals surface area contributed by atoms with Crippen LogP contribution in [-0.2, 0) is 0 Å². The van der Waals surface area contributed by atoms with Gasteiger partial charge in [0.1, 0.15) is 0 Å². The van der Waals surface area contributed by atoms with Crippen molar-refractivity contribution in [3.8, 4) is 62.1 Å². The average molecular weight is 863 g/mol. The maximum atomic E-state index is 5.00. The number of hydrogen-bond acceptors (Lipinski definition) is 3. The van der Waals surface area contributed by atoms with Crippen molar-refractivity contribution in [3.63, 3.8) is 0 Å². The molecule has 0 spiro atoms. The van der Waals surface area contributed by atoms with E-state index in [1.165, 1.54) is 16.3 Å². The van der Waals surface area contributed by atoms with Crippen LogP contribution in [0.4, 0.5) is 0 Å². The molecule has 2 aromatic heterocycles. The molecule has 9 rings (SSSR count). The summed E-state index contributed by atoms with van der Waals surface area (Å²) in [5.41, 5.74) is 10.5. The van der Waals surface area contributed by atoms with E-state index in [0.717, 1.165) is 50.1 Å². The molecule has 0 unspecified atom stereocenters. The zero-order valence-corrected chi connectivity index (χ0v) is 31.1. The van der Waals surface area contributed by atoms with Crippen LogP contribution in [0.5, 0.6) is 0 Å². The summed E-state index contributed by atoms with van der Waals surface area (Å²) < 4.78 is 2.30. The smallest absolute Gasteiger partial charge is 0.351 e. The van der Waals surface area contributed by atoms with Crippen molar-refractivity contribution in [3.05, 3.63) is 182 Å². The fourth-order valence-electron chi connectivity index (χ4n) is 6.46. The normalized spacial score (nSPS) is 11.0. The monoisotopic (exact) mass is 862 g/mol. The van der Waals surface area contributed by atoms with Gasteiger partial charge in [-0.3, -0.25) is 0 Å². The summed E-state index contributed by atoms with van der Waals surface area (Å²) in [6.07, 6.45) is 0. The van der Waals surface area contributed by atoms with E-state index in [0.29, 0.717) is 17.5 Å². The minimum atomic E-state index is 0. The molecular formula is C45H28N4U. The molecule has 0 aliphatic heterocycles. The Morgan fingerprint density at radius 3 is 1.56 bits per heavy atom. The quantitative estimate of drug-likeness (QED) is 0.156. The summed E-state index contributed by atoms with van der Waals surface area (Å²) in [6.45, 7) is 0. The molecule has 0 fully saturated rings. The van der Waals surface area contributed by atoms with Crippen LogP contribution in [0, 0.1) is 43.2 Å². The molecule has 0 N–H and O–H groups in total. The van der Waals surface area contributed by atoms with Crippen molar-refractivity contribution in [1.82, 2.24) is 19.5 Å². The summed E-state index contributed by atoms with van der Waals surface area (Å²) in [6, 6.07) is 65.1. The van der Waals surface area contributed by atoms with E-state index in [-0.39, 0.29) is 31.1 Å². The first kappa shape index (κ1) is 31.7. The standard InChI is InChI=1S/C45H28N4.U/c1-4-12-31(13-5-1)33-20-22-35(23-21-33)44-46-43(34-16-8-3-9-17-34)47-45(48-44)36-24-27-38(28-25-36)49-41-19-11-10-18-39(41)40-30-37(26-29-42(40)49)32-14-6-2-7-15-32;/h1-14,16-25,27-30H;/q-2;+2. The molecule has 0 saturated carbocycles. The third kappa shape index (κ3) is 5.96. The number of nitrogens with zero attached hydrogens (tertiary/aromatic N) is 4. The molecular weight excluding hydrogens is 835 g/mol. The summed E-state index contributed by atoms with van der Waals surface area (Å²) in [7, 11) is 0. The number of benzene rings is 7. The number of hydrogen-bond donors (Lipinski definition) is 0. The van der Waals surface area contributed by atoms with Crippen LogP contribution >= 0.6 is 0 Å². The van der Waals surface area contributed by atoms with Crippen LogP contribution in [-0.4, -0.2) is 19.5 Å². The SMILES string of the molecule is [U+2].[c-]1ccccc1-c1[c-]cc2c(c1)c1ccccc1n2-c1ccc(-c2nc(-c3ccccc3)nc(-c3ccc(-c4ccccc4)cc3)n2)cc1. The molecule has 232 valence electrons. The van der Waals surface area contributed by atoms with Gasteiger partial charge in [-0.1, -0.05) is 109 Å². The summed E-state index contributed by atoms with van der Waals surface area (Å²) >= 11 is 0. The van der Waals surface area contributed by atoms with Crippen LogP contribution < -0.4 is 0 Å². The first-order valence-corrected chi connectivity index (χ1v) is 16.3. The molecule has 0 aliphatic rings. The Hall–Kier alpha value is -5.60. The van der Waals surface area contributed by atoms with Gasteiger partial charge in [0.05, 0.1) is 0 Å². The number of aromatic nitrogens is 4. The van der Waals surface area contributed by atoms with Gasteiger partial charge in [0.15, 0.2) is 17.5 Å². The maximum absolute atomic E-state index is 5.00. The molecule has 0 atom stereocenters. The van der Waals surface area contributed by atoms with Crippen LogP contribution in [0.15, 0.2) is 170 Å². The Morgan fingerprint density at radius 2 is 0.920 bits per heavy atom. The Balaban J connectivity index is 0.00000361. The molecule has 2 heterocycles. The fourth-order valence-corrected chi connectivity index (χ4v) is 6.46. The van der Waals surface area contributed by atoms with Crippen LogP contribution in [0.1, 0.15) is 0 Å². The van der Waals surface area contributed by atoms with Crippen molar-refractivity contribution in [1.29, 1.82) is 0 Å². The molecule has 0 aliphatic carbocycles. The van der Waals surface area contributed by atoms with E-state index in [2.05, 4.69) is 132 Å². The van der Waals surface area contributed by atoms with Crippen molar-refractivity contribution in [2.24, 2.45) is 0 Å². The zero-order valence-electron chi connectivity index (χ0n) is 27.0. The second-order valence-electron chi connectivity index (χ2n) is 11.9. The van der Waals surface area contributed by atoms with Crippen molar-refractivity contribution in [2.45, 2.75) is 0 Å². The summed E-state index contributed by atoms with van der Waals surface area (Å²) in [5.74, 6) is 1.90. The summed E-state index contributed by atoms with van der Waals surface area (Å²) in [5, 5.41) is 2.37. The van der Waals surface area contributed by atoms with E-state index in [9.17, 15) is 0 Å². The van der Waals surface area contributed by atoms with Gasteiger partial charge in [-0.05, 0) is 52.4 Å². The molecule has 5 heteroatoms. The topological polar surface area (TPSA) is 43.6 Å². The van der Waals surface area contributed by atoms with Gasteiger partial charge in [-0.2, -0.15) is 36.4 Å². The Morgan fingerprint density at radius 1 is 0.400 bits per heavy atom. The van der Waals surface area contributed by atoms with E-state index in [1.54, 1.807) is 0 Å². The molecule has 9 aromatic rings. The number of para-hydroxylation sites is 1. The Kier molecular flexibility index (Phi) is 8.69. The largest absolute Gasteiger partial charge is 2.00 e. The number of rotatable bonds is 6. The van der Waals surface area contributed by atoms with Crippen molar-refractivity contribution < 1.29 is 31.1 Å². The molecule has 0 radical (unpaired) electrons. The van der Waals surface area contributed by atoms with E-state index >= 15 is 0 Å². The molecule has 7 aromatic carbocycles. The molecule has 0 bridgehead atoms. The van der Waals surface area contributed by atoms with Gasteiger partial charge >= 0.3 is 31.1 Å².